The number of nitrogens with two attached hydrogens (primary N) is 2. The molecule has 0 unspecified atom stereocenters. The summed E-state index contributed by atoms with van der Waals surface area (Å²) in [5.74, 6) is -0.101. The van der Waals surface area contributed by atoms with Gasteiger partial charge in [0, 0.05) is 43.0 Å². The molecule has 36 heavy (non-hydrogen) atoms. The van der Waals surface area contributed by atoms with Crippen LogP contribution < -0.4 is 16.2 Å². The number of nitrogens with zero attached hydrogens (tertiary/aromatic N) is 3. The fraction of sp³-hybridized carbons (Fsp3) is 0.192. The Morgan fingerprint density at radius 1 is 0.972 bits per heavy atom. The zero-order chi connectivity index (χ0) is 25.0. The first-order chi connectivity index (χ1) is 17.3. The number of fused-ring (bicyclic) bond motifs is 2. The molecular formula is C26H24N6O3S. The Labute approximate surface area is 208 Å². The summed E-state index contributed by atoms with van der Waals surface area (Å²) in [7, 11) is -4.00. The van der Waals surface area contributed by atoms with Crippen LogP contribution in [0.15, 0.2) is 65.6 Å². The van der Waals surface area contributed by atoms with Gasteiger partial charge >= 0.3 is 0 Å². The molecule has 1 fully saturated rings. The summed E-state index contributed by atoms with van der Waals surface area (Å²) in [6, 6.07) is 18.4. The van der Waals surface area contributed by atoms with Crippen LogP contribution in [0.4, 0.5) is 5.95 Å². The lowest BCUT2D eigenvalue weighted by atomic mass is 9.86. The van der Waals surface area contributed by atoms with E-state index in [4.69, 9.17) is 10.9 Å². The van der Waals surface area contributed by atoms with Gasteiger partial charge < -0.3 is 16.0 Å². The molecule has 182 valence electrons. The van der Waals surface area contributed by atoms with Crippen molar-refractivity contribution in [3.8, 4) is 11.1 Å². The van der Waals surface area contributed by atoms with Gasteiger partial charge in [-0.15, -0.1) is 0 Å². The number of carbonyl (C=O) groups is 1. The van der Waals surface area contributed by atoms with Gasteiger partial charge in [-0.05, 0) is 40.5 Å². The molecule has 1 saturated heterocycles. The van der Waals surface area contributed by atoms with E-state index in [0.717, 1.165) is 29.8 Å². The van der Waals surface area contributed by atoms with Crippen LogP contribution in [0.25, 0.3) is 22.0 Å². The highest BCUT2D eigenvalue weighted by molar-refractivity contribution is 7.89. The number of rotatable bonds is 4. The molecule has 5 N–H and O–H groups in total. The SMILES string of the molecule is Nc1nc(C(=O)N2Cc3ccccc3C2)c2cc(-c3c(C4CNC4)cccc3S(N)(=O)=O)ccc2n1. The fourth-order valence-electron chi connectivity index (χ4n) is 5.03. The number of nitrogens with one attached hydrogen (secondary N) is 1. The molecule has 6 rings (SSSR count). The first-order valence-corrected chi connectivity index (χ1v) is 13.1. The van der Waals surface area contributed by atoms with E-state index in [0.29, 0.717) is 35.1 Å². The minimum absolute atomic E-state index is 0.00137. The molecule has 2 aliphatic heterocycles. The zero-order valence-electron chi connectivity index (χ0n) is 19.3. The van der Waals surface area contributed by atoms with Crippen molar-refractivity contribution in [1.82, 2.24) is 20.2 Å². The Kier molecular flexibility index (Phi) is 5.25. The maximum Gasteiger partial charge on any atom is 0.273 e. The van der Waals surface area contributed by atoms with Crippen molar-refractivity contribution in [1.29, 1.82) is 0 Å². The van der Waals surface area contributed by atoms with Gasteiger partial charge in [-0.3, -0.25) is 4.79 Å². The van der Waals surface area contributed by atoms with Gasteiger partial charge in [0.1, 0.15) is 5.69 Å². The summed E-state index contributed by atoms with van der Waals surface area (Å²) in [5, 5.41) is 9.35. The van der Waals surface area contributed by atoms with E-state index in [1.807, 2.05) is 30.3 Å². The lowest BCUT2D eigenvalue weighted by Gasteiger charge is -2.30. The van der Waals surface area contributed by atoms with E-state index in [-0.39, 0.29) is 28.4 Å². The first-order valence-electron chi connectivity index (χ1n) is 11.6. The quantitative estimate of drug-likeness (QED) is 0.390. The van der Waals surface area contributed by atoms with Crippen LogP contribution in [-0.4, -0.2) is 42.3 Å². The van der Waals surface area contributed by atoms with Gasteiger partial charge in [-0.25, -0.2) is 23.5 Å². The van der Waals surface area contributed by atoms with Crippen molar-refractivity contribution in [2.24, 2.45) is 5.14 Å². The van der Waals surface area contributed by atoms with E-state index in [2.05, 4.69) is 15.3 Å². The molecule has 3 heterocycles. The van der Waals surface area contributed by atoms with E-state index in [1.165, 1.54) is 6.07 Å². The third kappa shape index (κ3) is 3.79. The molecular weight excluding hydrogens is 476 g/mol. The number of amides is 1. The lowest BCUT2D eigenvalue weighted by molar-refractivity contribution is 0.0747. The molecule has 0 bridgehead atoms. The predicted molar refractivity (Wildman–Crippen MR) is 136 cm³/mol. The van der Waals surface area contributed by atoms with Crippen molar-refractivity contribution in [2.75, 3.05) is 18.8 Å². The normalized spacial score (nSPS) is 15.6. The molecule has 3 aromatic carbocycles. The van der Waals surface area contributed by atoms with Crippen molar-refractivity contribution >= 4 is 32.8 Å². The zero-order valence-corrected chi connectivity index (χ0v) is 20.1. The van der Waals surface area contributed by atoms with Gasteiger partial charge in [-0.1, -0.05) is 42.5 Å². The highest BCUT2D eigenvalue weighted by atomic mass is 32.2. The third-order valence-electron chi connectivity index (χ3n) is 6.92. The fourth-order valence-corrected chi connectivity index (χ4v) is 5.82. The topological polar surface area (TPSA) is 144 Å². The molecule has 0 atom stereocenters. The number of primary sulfonamides is 1. The first kappa shape index (κ1) is 22.6. The number of nitrogen functional groups attached to an aromatic ring is 1. The average molecular weight is 501 g/mol. The van der Waals surface area contributed by atoms with Crippen LogP contribution in [0.3, 0.4) is 0 Å². The largest absolute Gasteiger partial charge is 0.368 e. The summed E-state index contributed by atoms with van der Waals surface area (Å²) in [5.41, 5.74) is 10.9. The van der Waals surface area contributed by atoms with E-state index in [9.17, 15) is 13.2 Å². The predicted octanol–water partition coefficient (Wildman–Crippen LogP) is 2.37. The Bertz CT molecular complexity index is 1620. The van der Waals surface area contributed by atoms with E-state index in [1.54, 1.807) is 29.2 Å². The second kappa shape index (κ2) is 8.37. The van der Waals surface area contributed by atoms with Crippen molar-refractivity contribution in [3.05, 3.63) is 83.0 Å². The lowest BCUT2D eigenvalue weighted by Crippen LogP contribution is -2.40. The summed E-state index contributed by atoms with van der Waals surface area (Å²) in [4.78, 5) is 24.1. The number of aromatic nitrogens is 2. The Morgan fingerprint density at radius 2 is 1.69 bits per heavy atom. The van der Waals surface area contributed by atoms with Crippen molar-refractivity contribution < 1.29 is 13.2 Å². The number of hydrogen-bond donors (Lipinski definition) is 3. The minimum Gasteiger partial charge on any atom is -0.368 e. The standard InChI is InChI=1S/C26H24N6O3S/c27-26-30-21-9-8-15(23-19(18-11-29-12-18)6-3-7-22(23)36(28,34)35)10-20(21)24(31-26)25(33)32-13-16-4-1-2-5-17(16)14-32/h1-10,18,29H,11-14H2,(H2,27,30,31)(H2,28,34,35). The van der Waals surface area contributed by atoms with E-state index >= 15 is 0 Å². The molecule has 0 saturated carbocycles. The number of anilines is 1. The Hall–Kier alpha value is -3.86. The van der Waals surface area contributed by atoms with Crippen LogP contribution in [0.1, 0.15) is 33.1 Å². The van der Waals surface area contributed by atoms with Crippen LogP contribution in [0.2, 0.25) is 0 Å². The molecule has 1 amide bonds. The summed E-state index contributed by atoms with van der Waals surface area (Å²) < 4.78 is 25.1. The van der Waals surface area contributed by atoms with Crippen LogP contribution >= 0.6 is 0 Å². The summed E-state index contributed by atoms with van der Waals surface area (Å²) >= 11 is 0. The number of hydrogen-bond acceptors (Lipinski definition) is 7. The summed E-state index contributed by atoms with van der Waals surface area (Å²) in [6.45, 7) is 2.45. The smallest absolute Gasteiger partial charge is 0.273 e. The third-order valence-corrected chi connectivity index (χ3v) is 7.87. The van der Waals surface area contributed by atoms with Crippen LogP contribution in [0.5, 0.6) is 0 Å². The van der Waals surface area contributed by atoms with Crippen molar-refractivity contribution in [3.63, 3.8) is 0 Å². The highest BCUT2D eigenvalue weighted by Gasteiger charge is 2.29. The Morgan fingerprint density at radius 3 is 2.33 bits per heavy atom. The summed E-state index contributed by atoms with van der Waals surface area (Å²) in [6.07, 6.45) is 0. The molecule has 0 spiro atoms. The Balaban J connectivity index is 1.51. The minimum atomic E-state index is -4.00. The van der Waals surface area contributed by atoms with Crippen LogP contribution in [-0.2, 0) is 23.1 Å². The van der Waals surface area contributed by atoms with Gasteiger partial charge in [0.25, 0.3) is 5.91 Å². The molecule has 0 radical (unpaired) electrons. The van der Waals surface area contributed by atoms with Gasteiger partial charge in [0.2, 0.25) is 16.0 Å². The average Bonchev–Trinajstić information content (AvgIpc) is 3.25. The monoisotopic (exact) mass is 500 g/mol. The van der Waals surface area contributed by atoms with Crippen LogP contribution in [0, 0.1) is 0 Å². The molecule has 2 aliphatic rings. The van der Waals surface area contributed by atoms with Crippen molar-refractivity contribution in [2.45, 2.75) is 23.9 Å². The highest BCUT2D eigenvalue weighted by Crippen LogP contribution is 2.38. The maximum atomic E-state index is 13.6. The molecule has 10 heteroatoms. The second-order valence-corrected chi connectivity index (χ2v) is 10.7. The number of sulfonamides is 1. The van der Waals surface area contributed by atoms with E-state index < -0.39 is 10.0 Å². The number of carbonyl (C=O) groups excluding carboxylic acids is 1. The molecule has 9 nitrogen and oxygen atoms in total. The molecule has 0 aliphatic carbocycles. The molecule has 4 aromatic rings. The van der Waals surface area contributed by atoms with Gasteiger partial charge in [0.05, 0.1) is 10.4 Å². The van der Waals surface area contributed by atoms with Gasteiger partial charge in [0.15, 0.2) is 0 Å². The number of benzene rings is 3. The molecule has 1 aromatic heterocycles. The second-order valence-electron chi connectivity index (χ2n) is 9.21. The maximum absolute atomic E-state index is 13.6. The van der Waals surface area contributed by atoms with Gasteiger partial charge in [-0.2, -0.15) is 0 Å².